The van der Waals surface area contributed by atoms with E-state index in [1.165, 1.54) is 55.3 Å². The minimum atomic E-state index is 0.229. The van der Waals surface area contributed by atoms with Crippen molar-refractivity contribution in [3.63, 3.8) is 0 Å². The van der Waals surface area contributed by atoms with E-state index in [4.69, 9.17) is 4.74 Å². The zero-order valence-corrected chi connectivity index (χ0v) is 17.6. The number of benzene rings is 4. The van der Waals surface area contributed by atoms with Crippen molar-refractivity contribution in [3.05, 3.63) is 101 Å². The minimum absolute atomic E-state index is 0.229. The number of ether oxygens (including phenoxy) is 1. The van der Waals surface area contributed by atoms with E-state index < -0.39 is 0 Å². The molecule has 0 aromatic heterocycles. The lowest BCUT2D eigenvalue weighted by atomic mass is 9.32. The second-order valence-electron chi connectivity index (χ2n) is 8.84. The summed E-state index contributed by atoms with van der Waals surface area (Å²) in [7, 11) is 0. The summed E-state index contributed by atoms with van der Waals surface area (Å²) < 4.78 is 6.65. The highest BCUT2D eigenvalue weighted by Gasteiger charge is 2.39. The summed E-state index contributed by atoms with van der Waals surface area (Å²) in [6.07, 6.45) is 0.965. The van der Waals surface area contributed by atoms with Crippen molar-refractivity contribution in [2.24, 2.45) is 0 Å². The highest BCUT2D eigenvalue weighted by atomic mass is 16.5. The van der Waals surface area contributed by atoms with Crippen molar-refractivity contribution in [2.75, 3.05) is 0 Å². The fourth-order valence-electron chi connectivity index (χ4n) is 5.18. The first kappa shape index (κ1) is 17.6. The predicted molar refractivity (Wildman–Crippen MR) is 127 cm³/mol. The third-order valence-electron chi connectivity index (χ3n) is 6.59. The van der Waals surface area contributed by atoms with Crippen molar-refractivity contribution >= 4 is 23.1 Å². The molecule has 0 spiro atoms. The Morgan fingerprint density at radius 1 is 0.700 bits per heavy atom. The molecule has 2 heterocycles. The Labute approximate surface area is 178 Å². The van der Waals surface area contributed by atoms with Gasteiger partial charge in [-0.1, -0.05) is 88.9 Å². The lowest BCUT2D eigenvalue weighted by Gasteiger charge is -2.35. The van der Waals surface area contributed by atoms with E-state index in [1.807, 2.05) is 0 Å². The average Bonchev–Trinajstić information content (AvgIpc) is 2.74. The Bertz CT molecular complexity index is 1320. The molecule has 0 fully saturated rings. The third kappa shape index (κ3) is 2.57. The normalized spacial score (nSPS) is 13.2. The van der Waals surface area contributed by atoms with E-state index in [2.05, 4.69) is 93.6 Å². The van der Waals surface area contributed by atoms with E-state index in [0.717, 1.165) is 17.9 Å². The zero-order chi connectivity index (χ0) is 20.4. The highest BCUT2D eigenvalue weighted by Crippen LogP contribution is 2.37. The van der Waals surface area contributed by atoms with Crippen LogP contribution in [0, 0.1) is 20.8 Å². The van der Waals surface area contributed by atoms with Crippen LogP contribution < -0.4 is 21.1 Å². The van der Waals surface area contributed by atoms with Gasteiger partial charge in [-0.25, -0.2) is 0 Å². The summed E-state index contributed by atoms with van der Waals surface area (Å²) in [4.78, 5) is 0. The molecule has 0 saturated heterocycles. The fourth-order valence-corrected chi connectivity index (χ4v) is 5.18. The molecule has 0 radical (unpaired) electrons. The van der Waals surface area contributed by atoms with Crippen LogP contribution in [-0.4, -0.2) is 6.71 Å². The molecular formula is C28H23BO. The van der Waals surface area contributed by atoms with E-state index in [9.17, 15) is 0 Å². The topological polar surface area (TPSA) is 9.23 Å². The van der Waals surface area contributed by atoms with Gasteiger partial charge in [-0.05, 0) is 60.9 Å². The lowest BCUT2D eigenvalue weighted by molar-refractivity contribution is 0.488. The molecule has 0 unspecified atom stereocenters. The third-order valence-corrected chi connectivity index (χ3v) is 6.59. The maximum absolute atomic E-state index is 6.65. The van der Waals surface area contributed by atoms with Crippen LogP contribution in [-0.2, 0) is 6.42 Å². The monoisotopic (exact) mass is 386 g/mol. The first-order valence-corrected chi connectivity index (χ1v) is 10.7. The quantitative estimate of drug-likeness (QED) is 0.369. The smallest absolute Gasteiger partial charge is 0.251 e. The van der Waals surface area contributed by atoms with Crippen molar-refractivity contribution in [3.8, 4) is 22.6 Å². The van der Waals surface area contributed by atoms with Crippen LogP contribution in [0.25, 0.3) is 11.1 Å². The molecule has 6 rings (SSSR count). The zero-order valence-electron chi connectivity index (χ0n) is 17.6. The summed E-state index contributed by atoms with van der Waals surface area (Å²) >= 11 is 0. The van der Waals surface area contributed by atoms with E-state index in [1.54, 1.807) is 0 Å². The van der Waals surface area contributed by atoms with Crippen LogP contribution in [0.4, 0.5) is 0 Å². The van der Waals surface area contributed by atoms with Crippen molar-refractivity contribution in [1.82, 2.24) is 0 Å². The molecule has 0 N–H and O–H groups in total. The van der Waals surface area contributed by atoms with Crippen LogP contribution in [0.3, 0.4) is 0 Å². The SMILES string of the molecule is Cc1cccc(-c2ccc3c4c2Oc2ccc(C)cc2B4c2cc(C)ccc2C3)c1. The summed E-state index contributed by atoms with van der Waals surface area (Å²) in [5, 5.41) is 0. The van der Waals surface area contributed by atoms with Gasteiger partial charge in [0.25, 0.3) is 6.71 Å². The molecule has 2 aliphatic rings. The Morgan fingerprint density at radius 2 is 1.43 bits per heavy atom. The molecule has 1 nitrogen and oxygen atoms in total. The molecule has 0 bridgehead atoms. The molecule has 2 heteroatoms. The number of hydrogen-bond donors (Lipinski definition) is 0. The van der Waals surface area contributed by atoms with Crippen molar-refractivity contribution in [1.29, 1.82) is 0 Å². The second-order valence-corrected chi connectivity index (χ2v) is 8.84. The van der Waals surface area contributed by atoms with Gasteiger partial charge >= 0.3 is 0 Å². The van der Waals surface area contributed by atoms with E-state index in [0.29, 0.717) is 0 Å². The largest absolute Gasteiger partial charge is 0.458 e. The molecule has 0 amide bonds. The van der Waals surface area contributed by atoms with Crippen molar-refractivity contribution < 1.29 is 4.74 Å². The first-order valence-electron chi connectivity index (χ1n) is 10.7. The van der Waals surface area contributed by atoms with Gasteiger partial charge in [0.15, 0.2) is 0 Å². The second kappa shape index (κ2) is 6.37. The van der Waals surface area contributed by atoms with Crippen LogP contribution in [0.1, 0.15) is 27.8 Å². The van der Waals surface area contributed by atoms with Gasteiger partial charge in [0.2, 0.25) is 0 Å². The fraction of sp³-hybridized carbons (Fsp3) is 0.143. The minimum Gasteiger partial charge on any atom is -0.458 e. The molecule has 4 aromatic carbocycles. The lowest BCUT2D eigenvalue weighted by Crippen LogP contribution is -2.59. The van der Waals surface area contributed by atoms with Crippen molar-refractivity contribution in [2.45, 2.75) is 27.2 Å². The number of aryl methyl sites for hydroxylation is 3. The summed E-state index contributed by atoms with van der Waals surface area (Å²) in [5.41, 5.74) is 13.1. The van der Waals surface area contributed by atoms with Crippen LogP contribution in [0.5, 0.6) is 11.5 Å². The van der Waals surface area contributed by atoms with Gasteiger partial charge in [0.05, 0.1) is 0 Å². The van der Waals surface area contributed by atoms with Gasteiger partial charge in [-0.3, -0.25) is 0 Å². The van der Waals surface area contributed by atoms with Gasteiger partial charge in [0, 0.05) is 5.56 Å². The molecule has 144 valence electrons. The molecule has 30 heavy (non-hydrogen) atoms. The van der Waals surface area contributed by atoms with Gasteiger partial charge in [-0.2, -0.15) is 0 Å². The summed E-state index contributed by atoms with van der Waals surface area (Å²) in [6, 6.07) is 26.8. The predicted octanol–water partition coefficient (Wildman–Crippen LogP) is 4.80. The average molecular weight is 386 g/mol. The molecule has 0 saturated carbocycles. The molecule has 0 aliphatic carbocycles. The molecule has 0 atom stereocenters. The van der Waals surface area contributed by atoms with Gasteiger partial charge in [-0.15, -0.1) is 0 Å². The standard InChI is InChI=1S/C28H23BO/c1-17-5-4-6-20(13-17)23-11-10-22-16-21-9-7-18(2)14-24(21)29-25-15-19(3)8-12-26(25)30-28(23)27(22)29/h4-15H,16H2,1-3H3. The number of rotatable bonds is 1. The molecular weight excluding hydrogens is 363 g/mol. The summed E-state index contributed by atoms with van der Waals surface area (Å²) in [6.45, 7) is 6.73. The Morgan fingerprint density at radius 3 is 2.27 bits per heavy atom. The Balaban J connectivity index is 1.67. The maximum atomic E-state index is 6.65. The van der Waals surface area contributed by atoms with Crippen LogP contribution >= 0.6 is 0 Å². The number of fused-ring (bicyclic) bond motifs is 4. The summed E-state index contributed by atoms with van der Waals surface area (Å²) in [5.74, 6) is 2.02. The van der Waals surface area contributed by atoms with Gasteiger partial charge < -0.3 is 4.74 Å². The first-order chi connectivity index (χ1) is 14.6. The van der Waals surface area contributed by atoms with E-state index in [-0.39, 0.29) is 6.71 Å². The van der Waals surface area contributed by atoms with E-state index >= 15 is 0 Å². The maximum Gasteiger partial charge on any atom is 0.251 e. The number of hydrogen-bond acceptors (Lipinski definition) is 1. The molecule has 4 aromatic rings. The molecule has 2 aliphatic heterocycles. The Hall–Kier alpha value is -3.26. The Kier molecular flexibility index (Phi) is 3.74. The van der Waals surface area contributed by atoms with Gasteiger partial charge in [0.1, 0.15) is 11.5 Å². The highest BCUT2D eigenvalue weighted by molar-refractivity contribution is 6.98. The van der Waals surface area contributed by atoms with Crippen LogP contribution in [0.15, 0.2) is 72.8 Å². The van der Waals surface area contributed by atoms with Crippen LogP contribution in [0.2, 0.25) is 0 Å².